The molecule has 5 nitrogen and oxygen atoms in total. The van der Waals surface area contributed by atoms with E-state index >= 15 is 0 Å². The molecule has 0 atom stereocenters. The Hall–Kier alpha value is -0.910. The molecule has 2 heterocycles. The first-order chi connectivity index (χ1) is 6.31. The van der Waals surface area contributed by atoms with Crippen LogP contribution in [0.3, 0.4) is 0 Å². The van der Waals surface area contributed by atoms with Gasteiger partial charge in [0.2, 0.25) is 0 Å². The van der Waals surface area contributed by atoms with Crippen LogP contribution < -0.4 is 0 Å². The van der Waals surface area contributed by atoms with Crippen LogP contribution in [0.15, 0.2) is 11.3 Å². The van der Waals surface area contributed by atoms with Gasteiger partial charge in [0.25, 0.3) is 0 Å². The van der Waals surface area contributed by atoms with Crippen LogP contribution in [-0.2, 0) is 19.0 Å². The smallest absolute Gasteiger partial charge is 0.315 e. The Kier molecular flexibility index (Phi) is 2.30. The Morgan fingerprint density at radius 2 is 2.08 bits per heavy atom. The van der Waals surface area contributed by atoms with Crippen molar-refractivity contribution in [3.8, 4) is 0 Å². The van der Waals surface area contributed by atoms with Crippen molar-refractivity contribution in [3.63, 3.8) is 0 Å². The minimum atomic E-state index is -0.506. The van der Waals surface area contributed by atoms with E-state index in [-0.39, 0.29) is 24.8 Å². The monoisotopic (exact) mass is 186 g/mol. The summed E-state index contributed by atoms with van der Waals surface area (Å²) in [4.78, 5) is 10.9. The summed E-state index contributed by atoms with van der Waals surface area (Å²) in [5.41, 5.74) is 0.616. The van der Waals surface area contributed by atoms with Gasteiger partial charge in [-0.25, -0.2) is 0 Å². The van der Waals surface area contributed by atoms with E-state index < -0.39 is 6.29 Å². The van der Waals surface area contributed by atoms with Crippen molar-refractivity contribution in [1.29, 1.82) is 0 Å². The normalized spacial score (nSPS) is 24.2. The molecule has 0 radical (unpaired) electrons. The van der Waals surface area contributed by atoms with Crippen LogP contribution in [0.2, 0.25) is 0 Å². The standard InChI is InChI=1S/C8H10O5/c9-4-6-5(3-7(10)13-6)8-11-1-2-12-8/h8-9H,1-4H2. The highest BCUT2D eigenvalue weighted by Gasteiger charge is 2.32. The first-order valence-corrected chi connectivity index (χ1v) is 4.08. The van der Waals surface area contributed by atoms with Crippen molar-refractivity contribution < 1.29 is 24.1 Å². The topological polar surface area (TPSA) is 65.0 Å². The molecule has 0 aromatic heterocycles. The molecule has 72 valence electrons. The fraction of sp³-hybridized carbons (Fsp3) is 0.625. The number of hydrogen-bond donors (Lipinski definition) is 1. The predicted molar refractivity (Wildman–Crippen MR) is 40.5 cm³/mol. The van der Waals surface area contributed by atoms with E-state index in [1.165, 1.54) is 0 Å². The molecular formula is C8H10O5. The highest BCUT2D eigenvalue weighted by Crippen LogP contribution is 2.27. The van der Waals surface area contributed by atoms with Gasteiger partial charge < -0.3 is 19.3 Å². The summed E-state index contributed by atoms with van der Waals surface area (Å²) in [7, 11) is 0. The predicted octanol–water partition coefficient (Wildman–Crippen LogP) is -0.447. The van der Waals surface area contributed by atoms with Gasteiger partial charge in [-0.05, 0) is 0 Å². The number of rotatable bonds is 2. The lowest BCUT2D eigenvalue weighted by Crippen LogP contribution is -2.12. The maximum Gasteiger partial charge on any atom is 0.315 e. The van der Waals surface area contributed by atoms with Crippen LogP contribution in [0.1, 0.15) is 6.42 Å². The van der Waals surface area contributed by atoms with E-state index in [0.717, 1.165) is 0 Å². The lowest BCUT2D eigenvalue weighted by Gasteiger charge is -2.08. The lowest BCUT2D eigenvalue weighted by atomic mass is 10.2. The van der Waals surface area contributed by atoms with Gasteiger partial charge in [-0.15, -0.1) is 0 Å². The van der Waals surface area contributed by atoms with E-state index in [0.29, 0.717) is 18.8 Å². The van der Waals surface area contributed by atoms with Crippen molar-refractivity contribution >= 4 is 5.97 Å². The molecule has 2 aliphatic rings. The second-order valence-electron chi connectivity index (χ2n) is 2.83. The number of carbonyl (C=O) groups is 1. The maximum atomic E-state index is 10.9. The van der Waals surface area contributed by atoms with Crippen molar-refractivity contribution in [2.75, 3.05) is 19.8 Å². The van der Waals surface area contributed by atoms with Crippen LogP contribution >= 0.6 is 0 Å². The average molecular weight is 186 g/mol. The molecule has 5 heteroatoms. The zero-order chi connectivity index (χ0) is 9.26. The summed E-state index contributed by atoms with van der Waals surface area (Å²) in [6.07, 6.45) is -0.353. The van der Waals surface area contributed by atoms with Gasteiger partial charge in [0.15, 0.2) is 6.29 Å². The summed E-state index contributed by atoms with van der Waals surface area (Å²) in [6, 6.07) is 0. The quantitative estimate of drug-likeness (QED) is 0.592. The maximum absolute atomic E-state index is 10.9. The zero-order valence-electron chi connectivity index (χ0n) is 6.99. The Bertz CT molecular complexity index is 251. The van der Waals surface area contributed by atoms with Crippen molar-refractivity contribution in [1.82, 2.24) is 0 Å². The molecule has 0 amide bonds. The van der Waals surface area contributed by atoms with Crippen LogP contribution in [0.5, 0.6) is 0 Å². The number of aliphatic hydroxyl groups excluding tert-OH is 1. The van der Waals surface area contributed by atoms with Gasteiger partial charge in [-0.2, -0.15) is 0 Å². The van der Waals surface area contributed by atoms with Gasteiger partial charge in [-0.3, -0.25) is 4.79 Å². The van der Waals surface area contributed by atoms with E-state index in [1.54, 1.807) is 0 Å². The minimum absolute atomic E-state index is 0.153. The minimum Gasteiger partial charge on any atom is -0.428 e. The number of carbonyl (C=O) groups excluding carboxylic acids is 1. The molecular weight excluding hydrogens is 176 g/mol. The second-order valence-corrected chi connectivity index (χ2v) is 2.83. The lowest BCUT2D eigenvalue weighted by molar-refractivity contribution is -0.137. The van der Waals surface area contributed by atoms with E-state index in [1.807, 2.05) is 0 Å². The average Bonchev–Trinajstić information content (AvgIpc) is 2.71. The fourth-order valence-corrected chi connectivity index (χ4v) is 1.40. The van der Waals surface area contributed by atoms with Gasteiger partial charge in [0.05, 0.1) is 19.6 Å². The Balaban J connectivity index is 2.14. The van der Waals surface area contributed by atoms with Crippen LogP contribution in [0.4, 0.5) is 0 Å². The van der Waals surface area contributed by atoms with Crippen molar-refractivity contribution in [2.24, 2.45) is 0 Å². The van der Waals surface area contributed by atoms with Gasteiger partial charge >= 0.3 is 5.97 Å². The highest BCUT2D eigenvalue weighted by atomic mass is 16.7. The summed E-state index contributed by atoms with van der Waals surface area (Å²) in [5.74, 6) is -0.0879. The molecule has 0 unspecified atom stereocenters. The van der Waals surface area contributed by atoms with Crippen molar-refractivity contribution in [2.45, 2.75) is 12.7 Å². The molecule has 0 spiro atoms. The van der Waals surface area contributed by atoms with Gasteiger partial charge in [0, 0.05) is 5.57 Å². The van der Waals surface area contributed by atoms with Gasteiger partial charge in [-0.1, -0.05) is 0 Å². The Morgan fingerprint density at radius 1 is 1.38 bits per heavy atom. The first kappa shape index (κ1) is 8.68. The number of cyclic esters (lactones) is 1. The van der Waals surface area contributed by atoms with Crippen molar-refractivity contribution in [3.05, 3.63) is 11.3 Å². The molecule has 0 aliphatic carbocycles. The molecule has 2 aliphatic heterocycles. The molecule has 0 saturated carbocycles. The summed E-state index contributed by atoms with van der Waals surface area (Å²) < 4.78 is 15.2. The fourth-order valence-electron chi connectivity index (χ4n) is 1.40. The molecule has 1 fully saturated rings. The number of aliphatic hydroxyl groups is 1. The van der Waals surface area contributed by atoms with E-state index in [9.17, 15) is 4.79 Å². The number of esters is 1. The highest BCUT2D eigenvalue weighted by molar-refractivity contribution is 5.77. The SMILES string of the molecule is O=C1CC(C2OCCO2)=C(CO)O1. The molecule has 0 bridgehead atoms. The molecule has 0 aromatic rings. The summed E-state index contributed by atoms with van der Waals surface area (Å²) in [5, 5.41) is 8.87. The summed E-state index contributed by atoms with van der Waals surface area (Å²) >= 11 is 0. The second kappa shape index (κ2) is 3.45. The summed E-state index contributed by atoms with van der Waals surface area (Å²) in [6.45, 7) is 0.742. The Morgan fingerprint density at radius 3 is 2.69 bits per heavy atom. The van der Waals surface area contributed by atoms with Crippen LogP contribution in [0.25, 0.3) is 0 Å². The third-order valence-corrected chi connectivity index (χ3v) is 1.98. The van der Waals surface area contributed by atoms with Crippen LogP contribution in [-0.4, -0.2) is 37.2 Å². The largest absolute Gasteiger partial charge is 0.428 e. The molecule has 13 heavy (non-hydrogen) atoms. The molecule has 1 N–H and O–H groups in total. The third-order valence-electron chi connectivity index (χ3n) is 1.98. The molecule has 0 aromatic carbocycles. The molecule has 1 saturated heterocycles. The Labute approximate surface area is 74.9 Å². The number of ether oxygens (including phenoxy) is 3. The van der Waals surface area contributed by atoms with E-state index in [4.69, 9.17) is 19.3 Å². The zero-order valence-corrected chi connectivity index (χ0v) is 6.99. The van der Waals surface area contributed by atoms with Crippen LogP contribution in [0, 0.1) is 0 Å². The first-order valence-electron chi connectivity index (χ1n) is 4.08. The molecule has 2 rings (SSSR count). The van der Waals surface area contributed by atoms with Gasteiger partial charge in [0.1, 0.15) is 12.4 Å². The number of hydrogen-bond acceptors (Lipinski definition) is 5. The van der Waals surface area contributed by atoms with E-state index in [2.05, 4.69) is 0 Å². The third kappa shape index (κ3) is 1.58.